The smallest absolute Gasteiger partial charge is 0.228 e. The van der Waals surface area contributed by atoms with Crippen molar-refractivity contribution in [3.8, 4) is 0 Å². The van der Waals surface area contributed by atoms with E-state index >= 15 is 0 Å². The normalized spacial score (nSPS) is 40.0. The molecule has 4 nitrogen and oxygen atoms in total. The Labute approximate surface area is 122 Å². The van der Waals surface area contributed by atoms with Crippen LogP contribution in [-0.4, -0.2) is 48.2 Å². The van der Waals surface area contributed by atoms with Gasteiger partial charge in [0.1, 0.15) is 0 Å². The van der Waals surface area contributed by atoms with Gasteiger partial charge in [0.2, 0.25) is 5.91 Å². The van der Waals surface area contributed by atoms with Gasteiger partial charge in [-0.1, -0.05) is 6.92 Å². The molecule has 3 fully saturated rings. The molecule has 114 valence electrons. The number of nitrogens with one attached hydrogen (secondary N) is 1. The van der Waals surface area contributed by atoms with Crippen LogP contribution in [0.5, 0.6) is 0 Å². The summed E-state index contributed by atoms with van der Waals surface area (Å²) in [4.78, 5) is 15.0. The summed E-state index contributed by atoms with van der Waals surface area (Å²) in [6.45, 7) is 5.78. The zero-order valence-electron chi connectivity index (χ0n) is 12.8. The fourth-order valence-corrected chi connectivity index (χ4v) is 4.22. The molecular weight excluding hydrogens is 252 g/mol. The summed E-state index contributed by atoms with van der Waals surface area (Å²) >= 11 is 0. The second kappa shape index (κ2) is 6.02. The fraction of sp³-hybridized carbons (Fsp3) is 0.938. The average Bonchev–Trinajstić information content (AvgIpc) is 3.01. The third-order valence-corrected chi connectivity index (χ3v) is 5.18. The van der Waals surface area contributed by atoms with Gasteiger partial charge < -0.3 is 15.0 Å². The van der Waals surface area contributed by atoms with Crippen molar-refractivity contribution >= 4 is 5.91 Å². The van der Waals surface area contributed by atoms with E-state index < -0.39 is 0 Å². The Balaban J connectivity index is 1.67. The lowest BCUT2D eigenvalue weighted by Gasteiger charge is -2.38. The minimum atomic E-state index is 0.101. The maximum absolute atomic E-state index is 12.8. The molecule has 0 radical (unpaired) electrons. The molecule has 0 spiro atoms. The third kappa shape index (κ3) is 2.86. The fourth-order valence-electron chi connectivity index (χ4n) is 4.22. The van der Waals surface area contributed by atoms with E-state index in [1.165, 1.54) is 12.8 Å². The van der Waals surface area contributed by atoms with Gasteiger partial charge in [0.05, 0.1) is 18.6 Å². The molecule has 3 rings (SSSR count). The Hall–Kier alpha value is -0.610. The molecule has 3 saturated heterocycles. The SMILES string of the molecule is CCCN(C(=O)C1COC(C)C1)C1CC2CCC(C1)N2. The highest BCUT2D eigenvalue weighted by Crippen LogP contribution is 2.31. The minimum absolute atomic E-state index is 0.101. The number of carbonyl (C=O) groups is 1. The average molecular weight is 280 g/mol. The summed E-state index contributed by atoms with van der Waals surface area (Å²) in [5, 5.41) is 3.67. The number of fused-ring (bicyclic) bond motifs is 2. The summed E-state index contributed by atoms with van der Waals surface area (Å²) in [6, 6.07) is 1.74. The first-order valence-electron chi connectivity index (χ1n) is 8.35. The van der Waals surface area contributed by atoms with Gasteiger partial charge in [0, 0.05) is 24.7 Å². The molecule has 20 heavy (non-hydrogen) atoms. The number of ether oxygens (including phenoxy) is 1. The third-order valence-electron chi connectivity index (χ3n) is 5.18. The van der Waals surface area contributed by atoms with E-state index in [4.69, 9.17) is 4.74 Å². The number of nitrogens with zero attached hydrogens (tertiary/aromatic N) is 1. The van der Waals surface area contributed by atoms with Gasteiger partial charge >= 0.3 is 0 Å². The highest BCUT2D eigenvalue weighted by Gasteiger charge is 2.40. The van der Waals surface area contributed by atoms with Crippen LogP contribution in [0.15, 0.2) is 0 Å². The predicted molar refractivity (Wildman–Crippen MR) is 78.5 cm³/mol. The summed E-state index contributed by atoms with van der Waals surface area (Å²) in [7, 11) is 0. The van der Waals surface area contributed by atoms with Crippen LogP contribution in [0.3, 0.4) is 0 Å². The first-order chi connectivity index (χ1) is 9.67. The van der Waals surface area contributed by atoms with Gasteiger partial charge in [-0.25, -0.2) is 0 Å². The van der Waals surface area contributed by atoms with E-state index in [0.717, 1.165) is 32.2 Å². The molecule has 3 heterocycles. The maximum atomic E-state index is 12.8. The van der Waals surface area contributed by atoms with Crippen molar-refractivity contribution in [2.24, 2.45) is 5.92 Å². The molecule has 4 heteroatoms. The molecule has 0 aromatic heterocycles. The lowest BCUT2D eigenvalue weighted by molar-refractivity contribution is -0.138. The number of rotatable bonds is 4. The molecule has 0 aliphatic carbocycles. The molecule has 1 amide bonds. The van der Waals surface area contributed by atoms with Crippen LogP contribution in [-0.2, 0) is 9.53 Å². The molecule has 2 bridgehead atoms. The van der Waals surface area contributed by atoms with Crippen LogP contribution in [0.1, 0.15) is 52.4 Å². The molecule has 0 saturated carbocycles. The van der Waals surface area contributed by atoms with Gasteiger partial charge in [-0.15, -0.1) is 0 Å². The predicted octanol–water partition coefficient (Wildman–Crippen LogP) is 1.93. The second-order valence-corrected chi connectivity index (χ2v) is 6.87. The van der Waals surface area contributed by atoms with Crippen LogP contribution >= 0.6 is 0 Å². The monoisotopic (exact) mass is 280 g/mol. The highest BCUT2D eigenvalue weighted by atomic mass is 16.5. The first kappa shape index (κ1) is 14.3. The molecule has 3 aliphatic rings. The van der Waals surface area contributed by atoms with Crippen molar-refractivity contribution in [1.82, 2.24) is 10.2 Å². The molecule has 0 aromatic carbocycles. The quantitative estimate of drug-likeness (QED) is 0.855. The molecule has 0 aromatic rings. The standard InChI is InChI=1S/C16H28N2O2/c1-3-6-18(16(19)12-7-11(2)20-10-12)15-8-13-4-5-14(9-15)17-13/h11-15,17H,3-10H2,1-2H3. The summed E-state index contributed by atoms with van der Waals surface area (Å²) in [6.07, 6.45) is 7.07. The van der Waals surface area contributed by atoms with E-state index in [1.807, 2.05) is 0 Å². The molecule has 3 aliphatic heterocycles. The molecule has 1 N–H and O–H groups in total. The van der Waals surface area contributed by atoms with E-state index in [9.17, 15) is 4.79 Å². The Morgan fingerprint density at radius 1 is 1.25 bits per heavy atom. The highest BCUT2D eigenvalue weighted by molar-refractivity contribution is 5.79. The number of amides is 1. The van der Waals surface area contributed by atoms with Crippen LogP contribution in [0.4, 0.5) is 0 Å². The summed E-state index contributed by atoms with van der Waals surface area (Å²) in [5.41, 5.74) is 0. The van der Waals surface area contributed by atoms with Gasteiger partial charge in [-0.05, 0) is 45.4 Å². The summed E-state index contributed by atoms with van der Waals surface area (Å²) < 4.78 is 5.60. The van der Waals surface area contributed by atoms with Crippen molar-refractivity contribution in [2.45, 2.75) is 76.6 Å². The molecular formula is C16H28N2O2. The largest absolute Gasteiger partial charge is 0.378 e. The number of hydrogen-bond donors (Lipinski definition) is 1. The zero-order chi connectivity index (χ0) is 14.1. The van der Waals surface area contributed by atoms with E-state index in [1.54, 1.807) is 0 Å². The van der Waals surface area contributed by atoms with E-state index in [2.05, 4.69) is 24.1 Å². The van der Waals surface area contributed by atoms with Crippen molar-refractivity contribution in [1.29, 1.82) is 0 Å². The number of hydrogen-bond acceptors (Lipinski definition) is 3. The van der Waals surface area contributed by atoms with Crippen molar-refractivity contribution in [3.63, 3.8) is 0 Å². The van der Waals surface area contributed by atoms with Gasteiger partial charge in [0.15, 0.2) is 0 Å². The first-order valence-corrected chi connectivity index (χ1v) is 8.35. The van der Waals surface area contributed by atoms with Crippen LogP contribution < -0.4 is 5.32 Å². The van der Waals surface area contributed by atoms with Crippen molar-refractivity contribution < 1.29 is 9.53 Å². The number of carbonyl (C=O) groups excluding carboxylic acids is 1. The molecule has 4 unspecified atom stereocenters. The Morgan fingerprint density at radius 2 is 1.95 bits per heavy atom. The maximum Gasteiger partial charge on any atom is 0.228 e. The van der Waals surface area contributed by atoms with Crippen molar-refractivity contribution in [3.05, 3.63) is 0 Å². The van der Waals surface area contributed by atoms with Crippen LogP contribution in [0.2, 0.25) is 0 Å². The van der Waals surface area contributed by atoms with Gasteiger partial charge in [-0.3, -0.25) is 4.79 Å². The van der Waals surface area contributed by atoms with Gasteiger partial charge in [0.25, 0.3) is 0 Å². The lowest BCUT2D eigenvalue weighted by atomic mass is 9.95. The van der Waals surface area contributed by atoms with Crippen LogP contribution in [0.25, 0.3) is 0 Å². The summed E-state index contributed by atoms with van der Waals surface area (Å²) in [5.74, 6) is 0.451. The van der Waals surface area contributed by atoms with Crippen LogP contribution in [0, 0.1) is 5.92 Å². The Morgan fingerprint density at radius 3 is 2.50 bits per heavy atom. The Kier molecular flexibility index (Phi) is 4.32. The topological polar surface area (TPSA) is 41.6 Å². The van der Waals surface area contributed by atoms with Gasteiger partial charge in [-0.2, -0.15) is 0 Å². The van der Waals surface area contributed by atoms with E-state index in [-0.39, 0.29) is 12.0 Å². The van der Waals surface area contributed by atoms with E-state index in [0.29, 0.717) is 30.6 Å². The second-order valence-electron chi connectivity index (χ2n) is 6.87. The van der Waals surface area contributed by atoms with Crippen molar-refractivity contribution in [2.75, 3.05) is 13.2 Å². The zero-order valence-corrected chi connectivity index (χ0v) is 12.8. The lowest BCUT2D eigenvalue weighted by Crippen LogP contribution is -2.52. The Bertz CT molecular complexity index is 348. The molecule has 4 atom stereocenters. The minimum Gasteiger partial charge on any atom is -0.378 e. The number of piperidine rings is 1.